The van der Waals surface area contributed by atoms with Gasteiger partial charge >= 0.3 is 0 Å². The molecule has 2 aromatic rings. The van der Waals surface area contributed by atoms with Crippen molar-refractivity contribution in [3.63, 3.8) is 0 Å². The van der Waals surface area contributed by atoms with Crippen LogP contribution in [0.3, 0.4) is 0 Å². The third-order valence-corrected chi connectivity index (χ3v) is 4.36. The molecule has 3 N–H and O–H groups in total. The number of amides is 1. The fraction of sp³-hybridized carbons (Fsp3) is 0.412. The monoisotopic (exact) mass is 354 g/mol. The molecular weight excluding hydrogens is 335 g/mol. The van der Waals surface area contributed by atoms with Gasteiger partial charge in [-0.2, -0.15) is 0 Å². The van der Waals surface area contributed by atoms with Crippen LogP contribution in [0.25, 0.3) is 11.0 Å². The van der Waals surface area contributed by atoms with Crippen molar-refractivity contribution >= 4 is 29.3 Å². The first-order valence-electron chi connectivity index (χ1n) is 7.77. The summed E-state index contributed by atoms with van der Waals surface area (Å²) in [6.07, 6.45) is 5.03. The molecule has 1 heterocycles. The molecule has 1 aliphatic rings. The highest BCUT2D eigenvalue weighted by molar-refractivity contribution is 5.93. The van der Waals surface area contributed by atoms with Gasteiger partial charge < -0.3 is 15.5 Å². The smallest absolute Gasteiger partial charge is 0.287 e. The van der Waals surface area contributed by atoms with Crippen molar-refractivity contribution in [2.24, 2.45) is 5.73 Å². The van der Waals surface area contributed by atoms with Gasteiger partial charge in [-0.05, 0) is 31.0 Å². The summed E-state index contributed by atoms with van der Waals surface area (Å²) in [5, 5.41) is 2.86. The number of carbonyl (C=O) groups is 1. The Morgan fingerprint density at radius 3 is 2.67 bits per heavy atom. The van der Waals surface area contributed by atoms with Crippen molar-refractivity contribution in [3.8, 4) is 0 Å². The summed E-state index contributed by atoms with van der Waals surface area (Å²) >= 11 is 0. The summed E-state index contributed by atoms with van der Waals surface area (Å²) in [5.41, 5.74) is 5.62. The summed E-state index contributed by atoms with van der Waals surface area (Å²) in [6, 6.07) is 4.71. The first-order valence-corrected chi connectivity index (χ1v) is 7.77. The lowest BCUT2D eigenvalue weighted by Gasteiger charge is -2.33. The average Bonchev–Trinajstić information content (AvgIpc) is 2.54. The zero-order valence-corrected chi connectivity index (χ0v) is 14.0. The number of nitrogens with one attached hydrogen (secondary N) is 1. The lowest BCUT2D eigenvalue weighted by molar-refractivity contribution is 0.0910. The van der Waals surface area contributed by atoms with Crippen LogP contribution in [-0.4, -0.2) is 18.0 Å². The minimum atomic E-state index is -0.524. The third-order valence-electron chi connectivity index (χ3n) is 4.36. The Bertz CT molecular complexity index is 800. The minimum absolute atomic E-state index is 0. The molecule has 0 unspecified atom stereocenters. The maximum absolute atomic E-state index is 13.2. The Morgan fingerprint density at radius 1 is 1.25 bits per heavy atom. The van der Waals surface area contributed by atoms with Gasteiger partial charge in [-0.1, -0.05) is 19.3 Å². The molecule has 5 nitrogen and oxygen atoms in total. The molecule has 1 saturated carbocycles. The molecule has 7 heteroatoms. The maximum Gasteiger partial charge on any atom is 0.287 e. The molecule has 1 fully saturated rings. The molecule has 0 saturated heterocycles. The Morgan fingerprint density at radius 2 is 1.96 bits per heavy atom. The van der Waals surface area contributed by atoms with Crippen molar-refractivity contribution in [1.82, 2.24) is 5.32 Å². The lowest BCUT2D eigenvalue weighted by Crippen LogP contribution is -2.51. The Kier molecular flexibility index (Phi) is 5.62. The van der Waals surface area contributed by atoms with Gasteiger partial charge in [0.15, 0.2) is 11.2 Å². The molecule has 0 atom stereocenters. The summed E-state index contributed by atoms with van der Waals surface area (Å²) in [4.78, 5) is 24.2. The second-order valence-corrected chi connectivity index (χ2v) is 6.22. The van der Waals surface area contributed by atoms with Gasteiger partial charge in [0.2, 0.25) is 0 Å². The predicted molar refractivity (Wildman–Crippen MR) is 92.0 cm³/mol. The Labute approximate surface area is 144 Å². The van der Waals surface area contributed by atoms with E-state index in [1.54, 1.807) is 0 Å². The SMILES string of the molecule is Cl.NC1(CNC(=O)c2cc(=O)c3cc(F)ccc3o2)CCCCC1. The maximum atomic E-state index is 13.2. The number of benzene rings is 1. The van der Waals surface area contributed by atoms with Crippen LogP contribution in [0.2, 0.25) is 0 Å². The van der Waals surface area contributed by atoms with Gasteiger partial charge in [0, 0.05) is 18.2 Å². The summed E-state index contributed by atoms with van der Waals surface area (Å²) in [7, 11) is 0. The van der Waals surface area contributed by atoms with Crippen molar-refractivity contribution in [1.29, 1.82) is 0 Å². The zero-order chi connectivity index (χ0) is 16.4. The third kappa shape index (κ3) is 3.94. The Balaban J connectivity index is 0.00000208. The number of hydrogen-bond donors (Lipinski definition) is 2. The quantitative estimate of drug-likeness (QED) is 0.887. The van der Waals surface area contributed by atoms with Crippen LogP contribution in [0.1, 0.15) is 42.7 Å². The molecule has 0 spiro atoms. The number of nitrogens with two attached hydrogens (primary N) is 1. The van der Waals surface area contributed by atoms with Crippen LogP contribution in [0.15, 0.2) is 33.5 Å². The molecule has 1 aromatic heterocycles. The summed E-state index contributed by atoms with van der Waals surface area (Å²) < 4.78 is 18.6. The average molecular weight is 355 g/mol. The molecule has 1 aromatic carbocycles. The molecule has 3 rings (SSSR count). The van der Waals surface area contributed by atoms with E-state index >= 15 is 0 Å². The molecule has 0 radical (unpaired) electrons. The molecule has 0 bridgehead atoms. The van der Waals surface area contributed by atoms with Crippen molar-refractivity contribution in [3.05, 3.63) is 46.1 Å². The van der Waals surface area contributed by atoms with Crippen LogP contribution in [-0.2, 0) is 0 Å². The van der Waals surface area contributed by atoms with E-state index in [9.17, 15) is 14.0 Å². The normalized spacial score (nSPS) is 16.4. The van der Waals surface area contributed by atoms with E-state index < -0.39 is 22.7 Å². The number of carbonyl (C=O) groups excluding carboxylic acids is 1. The van der Waals surface area contributed by atoms with E-state index in [1.165, 1.54) is 18.6 Å². The van der Waals surface area contributed by atoms with Crippen LogP contribution >= 0.6 is 12.4 Å². The van der Waals surface area contributed by atoms with Crippen LogP contribution in [0.4, 0.5) is 4.39 Å². The fourth-order valence-corrected chi connectivity index (χ4v) is 3.02. The van der Waals surface area contributed by atoms with E-state index in [0.717, 1.165) is 37.8 Å². The molecule has 1 aliphatic carbocycles. The number of hydrogen-bond acceptors (Lipinski definition) is 4. The van der Waals surface area contributed by atoms with Gasteiger partial charge in [0.05, 0.1) is 5.39 Å². The van der Waals surface area contributed by atoms with E-state index in [1.807, 2.05) is 0 Å². The summed E-state index contributed by atoms with van der Waals surface area (Å²) in [5.74, 6) is -1.10. The van der Waals surface area contributed by atoms with Crippen LogP contribution in [0, 0.1) is 5.82 Å². The van der Waals surface area contributed by atoms with Crippen molar-refractivity contribution in [2.45, 2.75) is 37.6 Å². The highest BCUT2D eigenvalue weighted by Gasteiger charge is 2.28. The fourth-order valence-electron chi connectivity index (χ4n) is 3.02. The number of fused-ring (bicyclic) bond motifs is 1. The van der Waals surface area contributed by atoms with Gasteiger partial charge in [0.1, 0.15) is 11.4 Å². The first-order chi connectivity index (χ1) is 11.0. The second kappa shape index (κ2) is 7.32. The lowest BCUT2D eigenvalue weighted by atomic mass is 9.82. The van der Waals surface area contributed by atoms with Crippen LogP contribution < -0.4 is 16.5 Å². The highest BCUT2D eigenvalue weighted by atomic mass is 35.5. The predicted octanol–water partition coefficient (Wildman–Crippen LogP) is 2.75. The van der Waals surface area contributed by atoms with E-state index in [0.29, 0.717) is 6.54 Å². The molecule has 1 amide bonds. The molecule has 0 aliphatic heterocycles. The standard InChI is InChI=1S/C17H19FN2O3.ClH/c18-11-4-5-14-12(8-11)13(21)9-15(23-14)16(22)20-10-17(19)6-2-1-3-7-17;/h4-5,8-9H,1-3,6-7,10,19H2,(H,20,22);1H. The van der Waals surface area contributed by atoms with E-state index in [2.05, 4.69) is 5.32 Å². The summed E-state index contributed by atoms with van der Waals surface area (Å²) in [6.45, 7) is 0.344. The van der Waals surface area contributed by atoms with Crippen molar-refractivity contribution in [2.75, 3.05) is 6.54 Å². The first kappa shape index (κ1) is 18.4. The van der Waals surface area contributed by atoms with Gasteiger partial charge in [-0.25, -0.2) is 4.39 Å². The molecular formula is C17H20ClFN2O3. The van der Waals surface area contributed by atoms with Gasteiger partial charge in [0.25, 0.3) is 5.91 Å². The zero-order valence-electron chi connectivity index (χ0n) is 13.1. The number of halogens is 2. The second-order valence-electron chi connectivity index (χ2n) is 6.22. The van der Waals surface area contributed by atoms with E-state index in [4.69, 9.17) is 10.2 Å². The van der Waals surface area contributed by atoms with Crippen molar-refractivity contribution < 1.29 is 13.6 Å². The molecule has 24 heavy (non-hydrogen) atoms. The molecule has 130 valence electrons. The largest absolute Gasteiger partial charge is 0.451 e. The highest BCUT2D eigenvalue weighted by Crippen LogP contribution is 2.25. The van der Waals surface area contributed by atoms with Crippen LogP contribution in [0.5, 0.6) is 0 Å². The van der Waals surface area contributed by atoms with E-state index in [-0.39, 0.29) is 29.1 Å². The topological polar surface area (TPSA) is 85.3 Å². The Hall–Kier alpha value is -1.92. The minimum Gasteiger partial charge on any atom is -0.451 e. The van der Waals surface area contributed by atoms with Gasteiger partial charge in [-0.15, -0.1) is 12.4 Å². The number of rotatable bonds is 3. The van der Waals surface area contributed by atoms with Gasteiger partial charge in [-0.3, -0.25) is 9.59 Å².